The van der Waals surface area contributed by atoms with Crippen LogP contribution in [0.3, 0.4) is 0 Å². The monoisotopic (exact) mass is 826 g/mol. The fourth-order valence-electron chi connectivity index (χ4n) is 6.83. The first-order valence-electron chi connectivity index (χ1n) is 17.3. The van der Waals surface area contributed by atoms with Gasteiger partial charge in [0.2, 0.25) is 0 Å². The van der Waals surface area contributed by atoms with Crippen LogP contribution in [0.2, 0.25) is 0 Å². The van der Waals surface area contributed by atoms with Gasteiger partial charge in [0.25, 0.3) is 5.60 Å². The molecule has 3 aromatic rings. The van der Waals surface area contributed by atoms with E-state index in [4.69, 9.17) is 4.74 Å². The normalized spacial score (nSPS) is 20.6. The highest BCUT2D eigenvalue weighted by molar-refractivity contribution is 7.97. The largest absolute Gasteiger partial charge is 0.743 e. The van der Waals surface area contributed by atoms with Crippen molar-refractivity contribution in [1.82, 2.24) is 0 Å². The molecule has 0 amide bonds. The summed E-state index contributed by atoms with van der Waals surface area (Å²) >= 11 is 0. The Bertz CT molecular complexity index is 1760. The Morgan fingerprint density at radius 1 is 0.782 bits per heavy atom. The van der Waals surface area contributed by atoms with Gasteiger partial charge in [-0.1, -0.05) is 69.3 Å². The van der Waals surface area contributed by atoms with Crippen LogP contribution in [0, 0.1) is 17.8 Å². The quantitative estimate of drug-likeness (QED) is 0.0639. The molecule has 3 aromatic carbocycles. The van der Waals surface area contributed by atoms with Crippen molar-refractivity contribution in [3.63, 3.8) is 0 Å². The minimum Gasteiger partial charge on any atom is -0.743 e. The highest BCUT2D eigenvalue weighted by Gasteiger charge is 2.71. The topological polar surface area (TPSA) is 113 Å². The maximum Gasteiger partial charge on any atom is 0.426 e. The van der Waals surface area contributed by atoms with Gasteiger partial charge in [-0.2, -0.15) is 35.1 Å². The van der Waals surface area contributed by atoms with Gasteiger partial charge in [0.1, 0.15) is 12.7 Å². The summed E-state index contributed by atoms with van der Waals surface area (Å²) in [6.45, 7) is 4.20. The Kier molecular flexibility index (Phi) is 13.8. The SMILES string of the molecule is CC(C)(C)c1ccc([S+](c2ccccc2)c2ccccc2)cc1.O=C(CCOCC(F)(F)S(=O)(=O)[O-])OC1CC2CC(CC(O)(C(F)(F)F)C(F)(F)F)C1C2. The third-order valence-corrected chi connectivity index (χ3v) is 12.7. The van der Waals surface area contributed by atoms with Crippen LogP contribution in [0.25, 0.3) is 0 Å². The molecule has 5 rings (SSSR count). The van der Waals surface area contributed by atoms with E-state index >= 15 is 0 Å². The molecular formula is C38H42F8O7S2. The summed E-state index contributed by atoms with van der Waals surface area (Å²) in [5.41, 5.74) is -3.34. The van der Waals surface area contributed by atoms with Crippen LogP contribution in [0.5, 0.6) is 0 Å². The number of carbonyl (C=O) groups excluding carboxylic acids is 1. The zero-order chi connectivity index (χ0) is 41.0. The Labute approximate surface area is 317 Å². The van der Waals surface area contributed by atoms with E-state index in [1.807, 2.05) is 0 Å². The zero-order valence-corrected chi connectivity index (χ0v) is 31.7. The summed E-state index contributed by atoms with van der Waals surface area (Å²) in [5, 5.41) is 4.69. The molecule has 0 aromatic heterocycles. The maximum absolute atomic E-state index is 13.0. The molecule has 0 radical (unpaired) electrons. The summed E-state index contributed by atoms with van der Waals surface area (Å²) < 4.78 is 144. The standard InChI is InChI=1S/C22H23S.C16H20F8O7S/c1-22(2,3)18-14-16-21(17-15-18)23(19-10-6-4-7-11-19)20-12-8-5-9-13-20;17-14(18,32(27,28)29)7-30-2-1-12(25)31-11-5-8-3-9(10(11)4-8)6-13(26,15(19,20)21)16(22,23)24/h4-17H,1-3H3;8-11,26H,1-7H2,(H,27,28,29)/q+1;/p-1. The van der Waals surface area contributed by atoms with E-state index in [1.165, 1.54) is 20.2 Å². The Hall–Kier alpha value is -3.25. The molecule has 55 heavy (non-hydrogen) atoms. The molecule has 0 saturated heterocycles. The minimum atomic E-state index is -5.97. The predicted molar refractivity (Wildman–Crippen MR) is 186 cm³/mol. The number of fused-ring (bicyclic) bond motifs is 2. The van der Waals surface area contributed by atoms with Crippen molar-refractivity contribution in [3.05, 3.63) is 90.5 Å². The van der Waals surface area contributed by atoms with E-state index in [2.05, 4.69) is 110 Å². The number of esters is 1. The lowest BCUT2D eigenvalue weighted by molar-refractivity contribution is -0.373. The van der Waals surface area contributed by atoms with Gasteiger partial charge in [0.15, 0.2) is 24.8 Å². The van der Waals surface area contributed by atoms with Crippen LogP contribution >= 0.6 is 0 Å². The van der Waals surface area contributed by atoms with Crippen LogP contribution in [0.1, 0.15) is 58.4 Å². The van der Waals surface area contributed by atoms with Crippen molar-refractivity contribution in [2.75, 3.05) is 13.2 Å². The second kappa shape index (κ2) is 17.1. The van der Waals surface area contributed by atoms with Crippen LogP contribution < -0.4 is 0 Å². The molecule has 2 aliphatic carbocycles. The highest BCUT2D eigenvalue weighted by Crippen LogP contribution is 2.56. The number of halogens is 8. The molecule has 2 bridgehead atoms. The average molecular weight is 827 g/mol. The third-order valence-electron chi connectivity index (χ3n) is 9.67. The molecule has 7 nitrogen and oxygen atoms in total. The van der Waals surface area contributed by atoms with Gasteiger partial charge in [-0.15, -0.1) is 0 Å². The fraction of sp³-hybridized carbons (Fsp3) is 0.500. The number of hydrogen-bond acceptors (Lipinski definition) is 7. The first-order valence-corrected chi connectivity index (χ1v) is 19.9. The predicted octanol–water partition coefficient (Wildman–Crippen LogP) is 8.81. The lowest BCUT2D eigenvalue weighted by Crippen LogP contribution is -2.58. The number of ether oxygens (including phenoxy) is 2. The van der Waals surface area contributed by atoms with E-state index < -0.39 is 83.3 Å². The second-order valence-electron chi connectivity index (χ2n) is 14.7. The Balaban J connectivity index is 0.000000257. The van der Waals surface area contributed by atoms with Crippen molar-refractivity contribution in [3.8, 4) is 0 Å². The van der Waals surface area contributed by atoms with Crippen molar-refractivity contribution in [2.24, 2.45) is 17.8 Å². The molecule has 2 saturated carbocycles. The van der Waals surface area contributed by atoms with Gasteiger partial charge in [-0.05, 0) is 90.8 Å². The van der Waals surface area contributed by atoms with Crippen LogP contribution in [-0.4, -0.2) is 66.6 Å². The van der Waals surface area contributed by atoms with Crippen molar-refractivity contribution >= 4 is 27.0 Å². The second-order valence-corrected chi connectivity index (χ2v) is 18.2. The van der Waals surface area contributed by atoms with Crippen LogP contribution in [-0.2, 0) is 40.7 Å². The van der Waals surface area contributed by atoms with Crippen molar-refractivity contribution in [1.29, 1.82) is 0 Å². The van der Waals surface area contributed by atoms with E-state index in [0.717, 1.165) is 0 Å². The Morgan fingerprint density at radius 3 is 1.71 bits per heavy atom. The third kappa shape index (κ3) is 11.0. The van der Waals surface area contributed by atoms with Crippen LogP contribution in [0.4, 0.5) is 35.1 Å². The number of carbonyl (C=O) groups is 1. The van der Waals surface area contributed by atoms with E-state index in [0.29, 0.717) is 0 Å². The highest BCUT2D eigenvalue weighted by atomic mass is 32.2. The van der Waals surface area contributed by atoms with E-state index in [9.17, 15) is 58.0 Å². The van der Waals surface area contributed by atoms with Crippen molar-refractivity contribution in [2.45, 2.75) is 102 Å². The van der Waals surface area contributed by atoms with E-state index in [1.54, 1.807) is 0 Å². The molecule has 2 aliphatic rings. The first-order chi connectivity index (χ1) is 25.3. The minimum absolute atomic E-state index is 0.0188. The molecule has 1 N–H and O–H groups in total. The summed E-state index contributed by atoms with van der Waals surface area (Å²) in [6.07, 6.45) is -14.9. The molecule has 0 heterocycles. The van der Waals surface area contributed by atoms with Crippen molar-refractivity contribution < 1.29 is 67.5 Å². The lowest BCUT2D eigenvalue weighted by Gasteiger charge is -2.38. The molecule has 4 atom stereocenters. The van der Waals surface area contributed by atoms with Gasteiger partial charge in [0.05, 0.1) is 23.9 Å². The maximum atomic E-state index is 13.0. The number of rotatable bonds is 12. The molecule has 2 fully saturated rings. The number of benzene rings is 3. The van der Waals surface area contributed by atoms with Gasteiger partial charge >= 0.3 is 23.6 Å². The Morgan fingerprint density at radius 2 is 1.27 bits per heavy atom. The lowest BCUT2D eigenvalue weighted by atomic mass is 9.78. The first kappa shape index (κ1) is 44.5. The van der Waals surface area contributed by atoms with Gasteiger partial charge < -0.3 is 19.1 Å². The average Bonchev–Trinajstić information content (AvgIpc) is 3.66. The number of alkyl halides is 8. The van der Waals surface area contributed by atoms with Crippen LogP contribution in [0.15, 0.2) is 99.6 Å². The van der Waals surface area contributed by atoms with Gasteiger partial charge in [-0.25, -0.2) is 8.42 Å². The molecule has 0 aliphatic heterocycles. The van der Waals surface area contributed by atoms with Gasteiger partial charge in [0, 0.05) is 0 Å². The summed E-state index contributed by atoms with van der Waals surface area (Å²) in [6, 6.07) is 30.7. The molecule has 17 heteroatoms. The molecule has 304 valence electrons. The summed E-state index contributed by atoms with van der Waals surface area (Å²) in [5.74, 6) is -3.46. The number of aliphatic hydroxyl groups is 1. The molecular weight excluding hydrogens is 785 g/mol. The molecule has 0 spiro atoms. The summed E-state index contributed by atoms with van der Waals surface area (Å²) in [7, 11) is -6.02. The fourth-order valence-corrected chi connectivity index (χ4v) is 9.14. The summed E-state index contributed by atoms with van der Waals surface area (Å²) in [4.78, 5) is 15.9. The molecule has 4 unspecified atom stereocenters. The number of hydrogen-bond donors (Lipinski definition) is 1. The van der Waals surface area contributed by atoms with E-state index in [-0.39, 0.29) is 41.5 Å². The zero-order valence-electron chi connectivity index (χ0n) is 30.1. The smallest absolute Gasteiger partial charge is 0.426 e. The van der Waals surface area contributed by atoms with Gasteiger partial charge in [-0.3, -0.25) is 4.79 Å².